The van der Waals surface area contributed by atoms with Gasteiger partial charge in [-0.15, -0.1) is 0 Å². The van der Waals surface area contributed by atoms with Gasteiger partial charge in [0.2, 0.25) is 5.91 Å². The Morgan fingerprint density at radius 2 is 1.79 bits per heavy atom. The number of carbonyl (C=O) groups is 3. The number of aryl methyl sites for hydroxylation is 1. The van der Waals surface area contributed by atoms with E-state index in [1.165, 1.54) is 29.3 Å². The van der Waals surface area contributed by atoms with Crippen LogP contribution in [-0.4, -0.2) is 40.0 Å². The van der Waals surface area contributed by atoms with Crippen molar-refractivity contribution in [1.29, 1.82) is 0 Å². The predicted octanol–water partition coefficient (Wildman–Crippen LogP) is 5.17. The lowest BCUT2D eigenvalue weighted by molar-refractivity contribution is -0.117. The van der Waals surface area contributed by atoms with Crippen LogP contribution in [0.25, 0.3) is 5.69 Å². The molecule has 8 nitrogen and oxygen atoms in total. The number of carbonyl (C=O) groups excluding carboxylic acids is 3. The second kappa shape index (κ2) is 12.5. The van der Waals surface area contributed by atoms with Gasteiger partial charge in [0.05, 0.1) is 11.8 Å². The van der Waals surface area contributed by atoms with Crippen molar-refractivity contribution in [2.24, 2.45) is 5.73 Å². The Labute approximate surface area is 222 Å². The number of primary amides is 1. The number of ether oxygens (including phenoxy) is 1. The molecule has 1 aromatic heterocycles. The van der Waals surface area contributed by atoms with Crippen LogP contribution in [0.15, 0.2) is 42.5 Å². The summed E-state index contributed by atoms with van der Waals surface area (Å²) < 4.78 is 20.9. The molecule has 0 radical (unpaired) electrons. The van der Waals surface area contributed by atoms with Gasteiger partial charge < -0.3 is 15.4 Å². The average Bonchev–Trinajstić information content (AvgIpc) is 3.45. The van der Waals surface area contributed by atoms with Crippen molar-refractivity contribution in [2.75, 3.05) is 11.4 Å². The number of amides is 2. The summed E-state index contributed by atoms with van der Waals surface area (Å²) >= 11 is 0. The number of nitrogens with two attached hydrogens (primary N) is 1. The summed E-state index contributed by atoms with van der Waals surface area (Å²) in [6.45, 7) is 9.82. The minimum Gasteiger partial charge on any atom is -0.488 e. The summed E-state index contributed by atoms with van der Waals surface area (Å²) in [6, 6.07) is 12.4. The first-order valence-electron chi connectivity index (χ1n) is 12.8. The van der Waals surface area contributed by atoms with Crippen LogP contribution < -0.4 is 15.4 Å². The van der Waals surface area contributed by atoms with Gasteiger partial charge in [0.1, 0.15) is 5.69 Å². The summed E-state index contributed by atoms with van der Waals surface area (Å²) in [5.74, 6) is -1.20. The summed E-state index contributed by atoms with van der Waals surface area (Å²) in [6.07, 6.45) is 2.71. The number of Topliss-reactive ketones (excluding diaryl/α,β-unsaturated/α-hetero) is 1. The topological polar surface area (TPSA) is 108 Å². The minimum atomic E-state index is -0.718. The van der Waals surface area contributed by atoms with Gasteiger partial charge in [-0.2, -0.15) is 5.10 Å². The van der Waals surface area contributed by atoms with Crippen molar-refractivity contribution in [1.82, 2.24) is 9.78 Å². The maximum atomic E-state index is 14.3. The van der Waals surface area contributed by atoms with Crippen molar-refractivity contribution in [2.45, 2.75) is 66.4 Å². The lowest BCUT2D eigenvalue weighted by Gasteiger charge is -2.15. The first-order valence-corrected chi connectivity index (χ1v) is 12.8. The Morgan fingerprint density at radius 3 is 2.29 bits per heavy atom. The van der Waals surface area contributed by atoms with Gasteiger partial charge in [-0.1, -0.05) is 31.0 Å². The molecule has 1 aliphatic rings. The van der Waals surface area contributed by atoms with Gasteiger partial charge in [-0.25, -0.2) is 9.07 Å². The summed E-state index contributed by atoms with van der Waals surface area (Å²) in [4.78, 5) is 37.1. The van der Waals surface area contributed by atoms with Crippen LogP contribution in [0.2, 0.25) is 0 Å². The molecule has 0 spiro atoms. The second-order valence-electron chi connectivity index (χ2n) is 9.52. The van der Waals surface area contributed by atoms with E-state index in [9.17, 15) is 18.8 Å². The highest BCUT2D eigenvalue weighted by Gasteiger charge is 2.25. The molecule has 1 aliphatic heterocycles. The Balaban J connectivity index is 0.000000256. The van der Waals surface area contributed by atoms with E-state index in [-0.39, 0.29) is 34.9 Å². The molecule has 202 valence electrons. The van der Waals surface area contributed by atoms with Gasteiger partial charge >= 0.3 is 0 Å². The molecule has 9 heteroatoms. The molecule has 1 fully saturated rings. The van der Waals surface area contributed by atoms with Gasteiger partial charge in [-0.3, -0.25) is 14.4 Å². The van der Waals surface area contributed by atoms with E-state index in [2.05, 4.69) is 12.0 Å². The van der Waals surface area contributed by atoms with E-state index in [1.54, 1.807) is 19.9 Å². The smallest absolute Gasteiger partial charge is 0.269 e. The third kappa shape index (κ3) is 6.65. The van der Waals surface area contributed by atoms with E-state index in [0.29, 0.717) is 30.5 Å². The Morgan fingerprint density at radius 1 is 1.13 bits per heavy atom. The van der Waals surface area contributed by atoms with Gasteiger partial charge in [-0.05, 0) is 57.9 Å². The van der Waals surface area contributed by atoms with Crippen molar-refractivity contribution < 1.29 is 23.5 Å². The fraction of sp³-hybridized carbons (Fsp3) is 0.379. The van der Waals surface area contributed by atoms with Crippen LogP contribution in [0.4, 0.5) is 10.1 Å². The fourth-order valence-corrected chi connectivity index (χ4v) is 4.30. The van der Waals surface area contributed by atoms with E-state index >= 15 is 0 Å². The normalized spacial score (nSPS) is 12.9. The Hall–Kier alpha value is -4.01. The first kappa shape index (κ1) is 28.6. The molecule has 0 aliphatic carbocycles. The first-order chi connectivity index (χ1) is 18.0. The maximum Gasteiger partial charge on any atom is 0.269 e. The van der Waals surface area contributed by atoms with Crippen molar-refractivity contribution in [3.63, 3.8) is 0 Å². The standard InChI is InChI=1S/C18H22FN3O3.C11H13NO/c1-5-6-13-16(18(20)24)21-22(17(13)11(4)23)12-7-8-15(14(19)9-12)25-10(2)3;1-9-4-6-10(7-5-9)12-8-2-3-11(12)13/h7-10H,5-6H2,1-4H3,(H2,20,24);4-7H,2-3,8H2,1H3. The molecule has 38 heavy (non-hydrogen) atoms. The molecule has 0 atom stereocenters. The van der Waals surface area contributed by atoms with Crippen LogP contribution in [0.1, 0.15) is 79.1 Å². The van der Waals surface area contributed by atoms with Gasteiger partial charge in [0, 0.05) is 37.2 Å². The number of benzene rings is 2. The molecular weight excluding hydrogens is 487 g/mol. The summed E-state index contributed by atoms with van der Waals surface area (Å²) in [5, 5.41) is 4.17. The Bertz CT molecular complexity index is 1310. The zero-order valence-corrected chi connectivity index (χ0v) is 22.6. The molecule has 3 aromatic rings. The maximum absolute atomic E-state index is 14.3. The summed E-state index contributed by atoms with van der Waals surface area (Å²) in [5.41, 5.74) is 8.76. The SMILES string of the molecule is CCCc1c(C(N)=O)nn(-c2ccc(OC(C)C)c(F)c2)c1C(C)=O.Cc1ccc(N2CCCC2=O)cc1. The highest BCUT2D eigenvalue weighted by Crippen LogP contribution is 2.26. The number of anilines is 1. The lowest BCUT2D eigenvalue weighted by Crippen LogP contribution is -2.23. The number of hydrogen-bond donors (Lipinski definition) is 1. The van der Waals surface area contributed by atoms with E-state index in [0.717, 1.165) is 18.7 Å². The average molecular weight is 523 g/mol. The minimum absolute atomic E-state index is 0.0370. The highest BCUT2D eigenvalue weighted by atomic mass is 19.1. The van der Waals surface area contributed by atoms with E-state index < -0.39 is 11.7 Å². The third-order valence-electron chi connectivity index (χ3n) is 5.99. The van der Waals surface area contributed by atoms with Crippen LogP contribution in [0.5, 0.6) is 5.75 Å². The molecule has 2 aromatic carbocycles. The molecule has 4 rings (SSSR count). The molecule has 1 saturated heterocycles. The monoisotopic (exact) mass is 522 g/mol. The summed E-state index contributed by atoms with van der Waals surface area (Å²) in [7, 11) is 0. The molecule has 0 saturated carbocycles. The number of ketones is 1. The molecule has 2 amide bonds. The zero-order valence-electron chi connectivity index (χ0n) is 22.6. The van der Waals surface area contributed by atoms with Crippen LogP contribution in [-0.2, 0) is 11.2 Å². The Kier molecular flexibility index (Phi) is 9.39. The molecule has 2 heterocycles. The highest BCUT2D eigenvalue weighted by molar-refractivity contribution is 6.00. The van der Waals surface area contributed by atoms with Crippen molar-refractivity contribution in [3.8, 4) is 11.4 Å². The van der Waals surface area contributed by atoms with Crippen LogP contribution in [0, 0.1) is 12.7 Å². The third-order valence-corrected chi connectivity index (χ3v) is 5.99. The number of aromatic nitrogens is 2. The molecular formula is C29H35FN4O4. The number of hydrogen-bond acceptors (Lipinski definition) is 5. The number of nitrogens with zero attached hydrogens (tertiary/aromatic N) is 3. The molecule has 0 bridgehead atoms. The van der Waals surface area contributed by atoms with E-state index in [4.69, 9.17) is 10.5 Å². The van der Waals surface area contributed by atoms with Crippen molar-refractivity contribution >= 4 is 23.3 Å². The quantitative estimate of drug-likeness (QED) is 0.411. The van der Waals surface area contributed by atoms with Crippen molar-refractivity contribution in [3.05, 3.63) is 70.8 Å². The van der Waals surface area contributed by atoms with Crippen LogP contribution >= 0.6 is 0 Å². The zero-order chi connectivity index (χ0) is 28.0. The van der Waals surface area contributed by atoms with E-state index in [1.807, 2.05) is 36.1 Å². The molecule has 2 N–H and O–H groups in total. The second-order valence-corrected chi connectivity index (χ2v) is 9.52. The lowest BCUT2D eigenvalue weighted by atomic mass is 10.0. The van der Waals surface area contributed by atoms with Gasteiger partial charge in [0.25, 0.3) is 5.91 Å². The largest absolute Gasteiger partial charge is 0.488 e. The van der Waals surface area contributed by atoms with Crippen LogP contribution in [0.3, 0.4) is 0 Å². The van der Waals surface area contributed by atoms with Gasteiger partial charge in [0.15, 0.2) is 23.0 Å². The number of halogens is 1. The predicted molar refractivity (Wildman–Crippen MR) is 145 cm³/mol. The number of rotatable bonds is 8. The fourth-order valence-electron chi connectivity index (χ4n) is 4.30. The molecule has 0 unspecified atom stereocenters.